The molecule has 3 saturated heterocycles. The summed E-state index contributed by atoms with van der Waals surface area (Å²) >= 11 is 0. The standard InChI is InChI=1S/C20H37N3O2/c1-5-21-10-6-17(7-11-21)14-22-12-8-20(9-13-22)15-23(16-20)18(24)25-19(2,3)4/h17H,5-16H2,1-4H3. The number of carbonyl (C=O) groups is 1. The molecule has 25 heavy (non-hydrogen) atoms. The Kier molecular flexibility index (Phi) is 5.64. The van der Waals surface area contributed by atoms with E-state index in [1.54, 1.807) is 0 Å². The lowest BCUT2D eigenvalue weighted by atomic mass is 9.72. The van der Waals surface area contributed by atoms with Crippen LogP contribution in [0.1, 0.15) is 53.4 Å². The Bertz CT molecular complexity index is 450. The maximum atomic E-state index is 12.1. The van der Waals surface area contributed by atoms with Crippen LogP contribution in [0.3, 0.4) is 0 Å². The quantitative estimate of drug-likeness (QED) is 0.783. The van der Waals surface area contributed by atoms with Crippen molar-refractivity contribution in [3.63, 3.8) is 0 Å². The molecule has 3 fully saturated rings. The number of rotatable bonds is 3. The molecule has 0 N–H and O–H groups in total. The van der Waals surface area contributed by atoms with E-state index >= 15 is 0 Å². The van der Waals surface area contributed by atoms with E-state index in [4.69, 9.17) is 4.74 Å². The third-order valence-electron chi connectivity index (χ3n) is 6.29. The summed E-state index contributed by atoms with van der Waals surface area (Å²) in [4.78, 5) is 19.3. The summed E-state index contributed by atoms with van der Waals surface area (Å²) in [5.74, 6) is 0.886. The van der Waals surface area contributed by atoms with Crippen LogP contribution in [-0.4, -0.2) is 78.8 Å². The van der Waals surface area contributed by atoms with E-state index in [9.17, 15) is 4.79 Å². The number of hydrogen-bond acceptors (Lipinski definition) is 4. The zero-order chi connectivity index (χ0) is 18.1. The normalized spacial score (nSPS) is 25.8. The number of likely N-dealkylation sites (tertiary alicyclic amines) is 3. The van der Waals surface area contributed by atoms with Crippen molar-refractivity contribution in [3.8, 4) is 0 Å². The molecule has 0 saturated carbocycles. The monoisotopic (exact) mass is 351 g/mol. The van der Waals surface area contributed by atoms with Gasteiger partial charge in [-0.3, -0.25) is 0 Å². The largest absolute Gasteiger partial charge is 0.444 e. The molecule has 0 aromatic rings. The Hall–Kier alpha value is -0.810. The lowest BCUT2D eigenvalue weighted by Gasteiger charge is -2.54. The summed E-state index contributed by atoms with van der Waals surface area (Å²) in [6.07, 6.45) is 5.06. The fourth-order valence-corrected chi connectivity index (χ4v) is 4.60. The van der Waals surface area contributed by atoms with E-state index in [0.29, 0.717) is 5.41 Å². The zero-order valence-corrected chi connectivity index (χ0v) is 16.7. The molecule has 0 aromatic heterocycles. The van der Waals surface area contributed by atoms with Crippen LogP contribution in [0.4, 0.5) is 4.79 Å². The molecule has 3 aliphatic rings. The van der Waals surface area contributed by atoms with Crippen LogP contribution < -0.4 is 0 Å². The SMILES string of the molecule is CCN1CCC(CN2CCC3(CC2)CN(C(=O)OC(C)(C)C)C3)CC1. The van der Waals surface area contributed by atoms with Crippen molar-refractivity contribution < 1.29 is 9.53 Å². The minimum atomic E-state index is -0.392. The van der Waals surface area contributed by atoms with E-state index in [0.717, 1.165) is 19.0 Å². The average molecular weight is 352 g/mol. The van der Waals surface area contributed by atoms with E-state index in [1.165, 1.54) is 65.0 Å². The highest BCUT2D eigenvalue weighted by Crippen LogP contribution is 2.41. The summed E-state index contributed by atoms with van der Waals surface area (Å²) in [6, 6.07) is 0. The van der Waals surface area contributed by atoms with E-state index in [1.807, 2.05) is 25.7 Å². The molecule has 0 aromatic carbocycles. The van der Waals surface area contributed by atoms with Crippen molar-refractivity contribution in [1.82, 2.24) is 14.7 Å². The van der Waals surface area contributed by atoms with Gasteiger partial charge in [0.2, 0.25) is 0 Å². The summed E-state index contributed by atoms with van der Waals surface area (Å²) in [7, 11) is 0. The van der Waals surface area contributed by atoms with E-state index < -0.39 is 5.60 Å². The maximum absolute atomic E-state index is 12.1. The third-order valence-corrected chi connectivity index (χ3v) is 6.29. The minimum Gasteiger partial charge on any atom is -0.444 e. The smallest absolute Gasteiger partial charge is 0.410 e. The predicted octanol–water partition coefficient (Wildman–Crippen LogP) is 3.05. The Balaban J connectivity index is 1.36. The van der Waals surface area contributed by atoms with Crippen LogP contribution in [-0.2, 0) is 4.74 Å². The minimum absolute atomic E-state index is 0.136. The zero-order valence-electron chi connectivity index (χ0n) is 16.7. The van der Waals surface area contributed by atoms with E-state index in [-0.39, 0.29) is 6.09 Å². The number of hydrogen-bond donors (Lipinski definition) is 0. The first kappa shape index (κ1) is 19.0. The van der Waals surface area contributed by atoms with Gasteiger partial charge in [-0.25, -0.2) is 4.79 Å². The van der Waals surface area contributed by atoms with Gasteiger partial charge in [-0.15, -0.1) is 0 Å². The Morgan fingerprint density at radius 3 is 2.16 bits per heavy atom. The molecule has 0 bridgehead atoms. The van der Waals surface area contributed by atoms with Gasteiger partial charge in [0.25, 0.3) is 0 Å². The van der Waals surface area contributed by atoms with Gasteiger partial charge in [0.1, 0.15) is 5.60 Å². The third kappa shape index (κ3) is 4.88. The Morgan fingerprint density at radius 1 is 1.04 bits per heavy atom. The molecular weight excluding hydrogens is 314 g/mol. The van der Waals surface area contributed by atoms with Gasteiger partial charge in [-0.1, -0.05) is 6.92 Å². The fraction of sp³-hybridized carbons (Fsp3) is 0.950. The van der Waals surface area contributed by atoms with Crippen LogP contribution in [0.5, 0.6) is 0 Å². The predicted molar refractivity (Wildman–Crippen MR) is 101 cm³/mol. The molecule has 144 valence electrons. The molecule has 1 amide bonds. The number of nitrogens with zero attached hydrogens (tertiary/aromatic N) is 3. The van der Waals surface area contributed by atoms with Crippen LogP contribution in [0.25, 0.3) is 0 Å². The maximum Gasteiger partial charge on any atom is 0.410 e. The summed E-state index contributed by atoms with van der Waals surface area (Å²) in [6.45, 7) is 17.3. The molecule has 0 radical (unpaired) electrons. The fourth-order valence-electron chi connectivity index (χ4n) is 4.60. The molecule has 5 heteroatoms. The van der Waals surface area contributed by atoms with Crippen LogP contribution in [0.2, 0.25) is 0 Å². The molecule has 3 heterocycles. The van der Waals surface area contributed by atoms with Gasteiger partial charge in [-0.2, -0.15) is 0 Å². The first-order valence-corrected chi connectivity index (χ1v) is 10.2. The highest BCUT2D eigenvalue weighted by molar-refractivity contribution is 5.69. The highest BCUT2D eigenvalue weighted by Gasteiger charge is 2.47. The van der Waals surface area contributed by atoms with Crippen LogP contribution >= 0.6 is 0 Å². The van der Waals surface area contributed by atoms with Crippen molar-refractivity contribution >= 4 is 6.09 Å². The van der Waals surface area contributed by atoms with Crippen LogP contribution in [0, 0.1) is 11.3 Å². The van der Waals surface area contributed by atoms with Gasteiger partial charge < -0.3 is 19.4 Å². The highest BCUT2D eigenvalue weighted by atomic mass is 16.6. The summed E-state index contributed by atoms with van der Waals surface area (Å²) in [5.41, 5.74) is -0.0183. The molecule has 5 nitrogen and oxygen atoms in total. The van der Waals surface area contributed by atoms with Gasteiger partial charge in [0, 0.05) is 25.0 Å². The second kappa shape index (κ2) is 7.43. The van der Waals surface area contributed by atoms with Crippen molar-refractivity contribution in [2.75, 3.05) is 52.4 Å². The first-order valence-electron chi connectivity index (χ1n) is 10.2. The topological polar surface area (TPSA) is 36.0 Å². The van der Waals surface area contributed by atoms with Crippen molar-refractivity contribution in [2.45, 2.75) is 59.0 Å². The molecule has 0 unspecified atom stereocenters. The van der Waals surface area contributed by atoms with E-state index in [2.05, 4.69) is 16.7 Å². The van der Waals surface area contributed by atoms with Crippen molar-refractivity contribution in [2.24, 2.45) is 11.3 Å². The summed E-state index contributed by atoms with van der Waals surface area (Å²) < 4.78 is 5.49. The molecule has 3 rings (SSSR count). The second-order valence-electron chi connectivity index (χ2n) is 9.51. The Labute approximate surface area is 153 Å². The lowest BCUT2D eigenvalue weighted by Crippen LogP contribution is -2.62. The molecule has 3 aliphatic heterocycles. The molecule has 0 aliphatic carbocycles. The lowest BCUT2D eigenvalue weighted by molar-refractivity contribution is -0.0611. The van der Waals surface area contributed by atoms with Crippen LogP contribution in [0.15, 0.2) is 0 Å². The number of piperidine rings is 2. The van der Waals surface area contributed by atoms with Gasteiger partial charge in [-0.05, 0) is 85.1 Å². The second-order valence-corrected chi connectivity index (χ2v) is 9.51. The number of amides is 1. The first-order chi connectivity index (χ1) is 11.8. The summed E-state index contributed by atoms with van der Waals surface area (Å²) in [5, 5.41) is 0. The molecular formula is C20H37N3O2. The molecule has 0 atom stereocenters. The number of carbonyl (C=O) groups excluding carboxylic acids is 1. The van der Waals surface area contributed by atoms with Crippen molar-refractivity contribution in [1.29, 1.82) is 0 Å². The average Bonchev–Trinajstić information content (AvgIpc) is 2.52. The number of ether oxygens (including phenoxy) is 1. The van der Waals surface area contributed by atoms with Gasteiger partial charge >= 0.3 is 6.09 Å². The van der Waals surface area contributed by atoms with Crippen molar-refractivity contribution in [3.05, 3.63) is 0 Å². The van der Waals surface area contributed by atoms with Gasteiger partial charge in [0.15, 0.2) is 0 Å². The Morgan fingerprint density at radius 2 is 1.64 bits per heavy atom. The molecule has 1 spiro atoms. The van der Waals surface area contributed by atoms with Gasteiger partial charge in [0.05, 0.1) is 0 Å².